The lowest BCUT2D eigenvalue weighted by atomic mass is 10.2. The molecule has 2 heterocycles. The summed E-state index contributed by atoms with van der Waals surface area (Å²) in [6, 6.07) is 7.53. The fourth-order valence-corrected chi connectivity index (χ4v) is 3.79. The first-order valence-corrected chi connectivity index (χ1v) is 9.59. The van der Waals surface area contributed by atoms with E-state index >= 15 is 0 Å². The van der Waals surface area contributed by atoms with Gasteiger partial charge < -0.3 is 9.42 Å². The van der Waals surface area contributed by atoms with Crippen molar-refractivity contribution in [1.29, 1.82) is 0 Å². The van der Waals surface area contributed by atoms with Crippen LogP contribution in [0.1, 0.15) is 37.0 Å². The zero-order valence-electron chi connectivity index (χ0n) is 13.6. The highest BCUT2D eigenvalue weighted by Crippen LogP contribution is 2.27. The zero-order valence-corrected chi connectivity index (χ0v) is 14.4. The SMILES string of the molecule is CC(C)c1noc(CS(=O)(=O)CC(=O)N2CCc3ccccc32)n1. The fraction of sp³-hybridized carbons (Fsp3) is 0.438. The van der Waals surface area contributed by atoms with Crippen molar-refractivity contribution in [1.82, 2.24) is 10.1 Å². The van der Waals surface area contributed by atoms with Gasteiger partial charge in [-0.2, -0.15) is 4.98 Å². The summed E-state index contributed by atoms with van der Waals surface area (Å²) in [5, 5.41) is 3.74. The third-order valence-corrected chi connectivity index (χ3v) is 5.25. The summed E-state index contributed by atoms with van der Waals surface area (Å²) in [6.45, 7) is 4.28. The number of hydrogen-bond acceptors (Lipinski definition) is 6. The summed E-state index contributed by atoms with van der Waals surface area (Å²) < 4.78 is 29.5. The van der Waals surface area contributed by atoms with E-state index in [2.05, 4.69) is 10.1 Å². The van der Waals surface area contributed by atoms with Crippen LogP contribution in [-0.4, -0.2) is 36.8 Å². The highest BCUT2D eigenvalue weighted by atomic mass is 32.2. The summed E-state index contributed by atoms with van der Waals surface area (Å²) in [5.41, 5.74) is 1.85. The number of nitrogens with zero attached hydrogens (tertiary/aromatic N) is 3. The van der Waals surface area contributed by atoms with Crippen LogP contribution < -0.4 is 4.90 Å². The highest BCUT2D eigenvalue weighted by molar-refractivity contribution is 7.91. The molecule has 0 saturated carbocycles. The topological polar surface area (TPSA) is 93.4 Å². The molecule has 1 aromatic heterocycles. The molecule has 0 N–H and O–H groups in total. The van der Waals surface area contributed by atoms with Gasteiger partial charge in [0.2, 0.25) is 11.8 Å². The molecule has 1 aliphatic rings. The Hall–Kier alpha value is -2.22. The molecule has 7 nitrogen and oxygen atoms in total. The van der Waals surface area contributed by atoms with Crippen molar-refractivity contribution >= 4 is 21.4 Å². The van der Waals surface area contributed by atoms with Crippen molar-refractivity contribution in [2.45, 2.75) is 31.9 Å². The second-order valence-electron chi connectivity index (χ2n) is 6.16. The van der Waals surface area contributed by atoms with E-state index in [1.54, 1.807) is 0 Å². The number of carbonyl (C=O) groups excluding carboxylic acids is 1. The van der Waals surface area contributed by atoms with Crippen LogP contribution >= 0.6 is 0 Å². The van der Waals surface area contributed by atoms with Crippen LogP contribution in [0.5, 0.6) is 0 Å². The second kappa shape index (κ2) is 6.35. The first-order chi connectivity index (χ1) is 11.4. The van der Waals surface area contributed by atoms with Gasteiger partial charge >= 0.3 is 0 Å². The van der Waals surface area contributed by atoms with Gasteiger partial charge in [0.15, 0.2) is 15.7 Å². The minimum absolute atomic E-state index is 0.0216. The van der Waals surface area contributed by atoms with Crippen LogP contribution in [0.3, 0.4) is 0 Å². The number of carbonyl (C=O) groups is 1. The first-order valence-electron chi connectivity index (χ1n) is 7.77. The van der Waals surface area contributed by atoms with Crippen LogP contribution in [-0.2, 0) is 26.8 Å². The molecule has 0 aliphatic carbocycles. The molecule has 0 unspecified atom stereocenters. The van der Waals surface area contributed by atoms with E-state index in [0.29, 0.717) is 12.4 Å². The fourth-order valence-electron chi connectivity index (χ4n) is 2.66. The van der Waals surface area contributed by atoms with Crippen molar-refractivity contribution < 1.29 is 17.7 Å². The smallest absolute Gasteiger partial charge is 0.242 e. The van der Waals surface area contributed by atoms with E-state index in [4.69, 9.17) is 4.52 Å². The molecule has 1 amide bonds. The molecular formula is C16H19N3O4S. The van der Waals surface area contributed by atoms with Gasteiger partial charge in [0.25, 0.3) is 0 Å². The van der Waals surface area contributed by atoms with Gasteiger partial charge in [-0.05, 0) is 18.1 Å². The molecule has 1 aromatic carbocycles. The average Bonchev–Trinajstić information content (AvgIpc) is 3.12. The molecule has 3 rings (SSSR count). The summed E-state index contributed by atoms with van der Waals surface area (Å²) in [4.78, 5) is 18.0. The molecule has 1 aliphatic heterocycles. The van der Waals surface area contributed by atoms with Crippen LogP contribution in [0.2, 0.25) is 0 Å². The zero-order chi connectivity index (χ0) is 17.3. The lowest BCUT2D eigenvalue weighted by molar-refractivity contribution is -0.116. The van der Waals surface area contributed by atoms with E-state index in [1.165, 1.54) is 4.90 Å². The summed E-state index contributed by atoms with van der Waals surface area (Å²) >= 11 is 0. The number of hydrogen-bond donors (Lipinski definition) is 0. The number of aromatic nitrogens is 2. The van der Waals surface area contributed by atoms with E-state index in [0.717, 1.165) is 17.7 Å². The van der Waals surface area contributed by atoms with Gasteiger partial charge in [0.1, 0.15) is 11.5 Å². The van der Waals surface area contributed by atoms with Crippen LogP contribution in [0.4, 0.5) is 5.69 Å². The normalized spacial score (nSPS) is 14.2. The number of para-hydroxylation sites is 1. The molecule has 0 saturated heterocycles. The first kappa shape index (κ1) is 16.6. The second-order valence-corrected chi connectivity index (χ2v) is 8.22. The van der Waals surface area contributed by atoms with Crippen molar-refractivity contribution in [3.8, 4) is 0 Å². The summed E-state index contributed by atoms with van der Waals surface area (Å²) in [7, 11) is -3.67. The highest BCUT2D eigenvalue weighted by Gasteiger charge is 2.29. The van der Waals surface area contributed by atoms with Crippen LogP contribution in [0.25, 0.3) is 0 Å². The minimum Gasteiger partial charge on any atom is -0.338 e. The van der Waals surface area contributed by atoms with Crippen molar-refractivity contribution in [3.05, 3.63) is 41.5 Å². The van der Waals surface area contributed by atoms with E-state index in [-0.39, 0.29) is 11.8 Å². The van der Waals surface area contributed by atoms with Gasteiger partial charge in [-0.15, -0.1) is 0 Å². The van der Waals surface area contributed by atoms with Crippen molar-refractivity contribution in [2.24, 2.45) is 0 Å². The standard InChI is InChI=1S/C16H19N3O4S/c1-11(2)16-17-14(23-18-16)9-24(21,22)10-15(20)19-8-7-12-5-3-4-6-13(12)19/h3-6,11H,7-10H2,1-2H3. The maximum absolute atomic E-state index is 12.4. The van der Waals surface area contributed by atoms with Gasteiger partial charge in [0.05, 0.1) is 0 Å². The molecule has 0 bridgehead atoms. The largest absolute Gasteiger partial charge is 0.338 e. The van der Waals surface area contributed by atoms with Gasteiger partial charge in [-0.1, -0.05) is 37.2 Å². The Morgan fingerprint density at radius 3 is 2.79 bits per heavy atom. The number of benzene rings is 1. The van der Waals surface area contributed by atoms with E-state index in [9.17, 15) is 13.2 Å². The number of rotatable bonds is 5. The lowest BCUT2D eigenvalue weighted by Gasteiger charge is -2.16. The Kier molecular flexibility index (Phi) is 4.40. The molecule has 128 valence electrons. The van der Waals surface area contributed by atoms with E-state index < -0.39 is 27.3 Å². The Morgan fingerprint density at radius 1 is 1.33 bits per heavy atom. The van der Waals surface area contributed by atoms with Crippen molar-refractivity contribution in [2.75, 3.05) is 17.2 Å². The monoisotopic (exact) mass is 349 g/mol. The average molecular weight is 349 g/mol. The molecule has 0 spiro atoms. The third-order valence-electron chi connectivity index (χ3n) is 3.88. The Labute approximate surface area is 140 Å². The molecule has 0 fully saturated rings. The van der Waals surface area contributed by atoms with Crippen LogP contribution in [0.15, 0.2) is 28.8 Å². The molecule has 2 aromatic rings. The number of fused-ring (bicyclic) bond motifs is 1. The van der Waals surface area contributed by atoms with Crippen molar-refractivity contribution in [3.63, 3.8) is 0 Å². The van der Waals surface area contributed by atoms with Crippen LogP contribution in [0, 0.1) is 0 Å². The van der Waals surface area contributed by atoms with E-state index in [1.807, 2.05) is 38.1 Å². The molecule has 0 atom stereocenters. The van der Waals surface area contributed by atoms with Gasteiger partial charge in [-0.25, -0.2) is 8.42 Å². The molecule has 24 heavy (non-hydrogen) atoms. The number of amides is 1. The Morgan fingerprint density at radius 2 is 2.08 bits per heavy atom. The molecule has 8 heteroatoms. The summed E-state index contributed by atoms with van der Waals surface area (Å²) in [5.74, 6) is -0.890. The molecular weight excluding hydrogens is 330 g/mol. The Bertz CT molecular complexity index is 858. The maximum atomic E-state index is 12.4. The third kappa shape index (κ3) is 3.48. The number of anilines is 1. The van der Waals surface area contributed by atoms with Gasteiger partial charge in [0, 0.05) is 18.2 Å². The quantitative estimate of drug-likeness (QED) is 0.815. The lowest BCUT2D eigenvalue weighted by Crippen LogP contribution is -2.34. The predicted octanol–water partition coefficient (Wildman–Crippen LogP) is 1.70. The number of sulfone groups is 1. The van der Waals surface area contributed by atoms with Gasteiger partial charge in [-0.3, -0.25) is 4.79 Å². The molecule has 0 radical (unpaired) electrons. The minimum atomic E-state index is -3.67. The maximum Gasteiger partial charge on any atom is 0.242 e. The Balaban J connectivity index is 1.69. The summed E-state index contributed by atoms with van der Waals surface area (Å²) in [6.07, 6.45) is 0.739. The predicted molar refractivity (Wildman–Crippen MR) is 88.4 cm³/mol.